The molecule has 0 spiro atoms. The van der Waals surface area contributed by atoms with Crippen LogP contribution in [0.2, 0.25) is 0 Å². The number of nitrogens with zero attached hydrogens (tertiary/aromatic N) is 3. The highest BCUT2D eigenvalue weighted by Gasteiger charge is 2.17. The SMILES string of the molecule is CC1CN(C(N)=NCCNc2ccc3ccccc3n2)CCO1. The fraction of sp³-hybridized carbons (Fsp3) is 0.412. The van der Waals surface area contributed by atoms with Gasteiger partial charge in [0.25, 0.3) is 0 Å². The zero-order valence-corrected chi connectivity index (χ0v) is 13.4. The number of pyridine rings is 1. The number of hydrogen-bond acceptors (Lipinski definition) is 4. The van der Waals surface area contributed by atoms with E-state index in [1.54, 1.807) is 0 Å². The molecule has 23 heavy (non-hydrogen) atoms. The van der Waals surface area contributed by atoms with E-state index in [0.29, 0.717) is 25.7 Å². The van der Waals surface area contributed by atoms with Crippen molar-refractivity contribution in [2.45, 2.75) is 13.0 Å². The van der Waals surface area contributed by atoms with Crippen LogP contribution in [0, 0.1) is 0 Å². The van der Waals surface area contributed by atoms with Gasteiger partial charge in [0.15, 0.2) is 5.96 Å². The number of aliphatic imine (C=N–C) groups is 1. The molecule has 1 unspecified atom stereocenters. The normalized spacial score (nSPS) is 19.1. The van der Waals surface area contributed by atoms with Crippen molar-refractivity contribution in [3.05, 3.63) is 36.4 Å². The summed E-state index contributed by atoms with van der Waals surface area (Å²) in [5, 5.41) is 4.43. The Kier molecular flexibility index (Phi) is 4.92. The van der Waals surface area contributed by atoms with Crippen molar-refractivity contribution in [1.82, 2.24) is 9.88 Å². The number of nitrogens with two attached hydrogens (primary N) is 1. The van der Waals surface area contributed by atoms with Crippen LogP contribution < -0.4 is 11.1 Å². The Labute approximate surface area is 136 Å². The van der Waals surface area contributed by atoms with Crippen LogP contribution >= 0.6 is 0 Å². The molecule has 2 aromatic rings. The molecule has 1 aromatic heterocycles. The molecule has 2 heterocycles. The van der Waals surface area contributed by atoms with Crippen LogP contribution in [-0.2, 0) is 4.74 Å². The monoisotopic (exact) mass is 313 g/mol. The average Bonchev–Trinajstić information content (AvgIpc) is 2.58. The summed E-state index contributed by atoms with van der Waals surface area (Å²) >= 11 is 0. The van der Waals surface area contributed by atoms with Gasteiger partial charge in [-0.15, -0.1) is 0 Å². The second-order valence-electron chi connectivity index (χ2n) is 5.68. The lowest BCUT2D eigenvalue weighted by Gasteiger charge is -2.31. The third kappa shape index (κ3) is 4.10. The zero-order chi connectivity index (χ0) is 16.1. The van der Waals surface area contributed by atoms with Gasteiger partial charge >= 0.3 is 0 Å². The molecule has 122 valence electrons. The van der Waals surface area contributed by atoms with Gasteiger partial charge in [-0.2, -0.15) is 0 Å². The molecule has 0 saturated carbocycles. The number of benzene rings is 1. The summed E-state index contributed by atoms with van der Waals surface area (Å²) in [7, 11) is 0. The first-order chi connectivity index (χ1) is 11.2. The van der Waals surface area contributed by atoms with Gasteiger partial charge < -0.3 is 20.7 Å². The van der Waals surface area contributed by atoms with Crippen LogP contribution in [0.25, 0.3) is 10.9 Å². The fourth-order valence-electron chi connectivity index (χ4n) is 2.65. The molecule has 1 atom stereocenters. The Balaban J connectivity index is 1.51. The standard InChI is InChI=1S/C17H23N5O/c1-13-12-22(10-11-23-13)17(18)20-9-8-19-16-7-6-14-4-2-3-5-15(14)21-16/h2-7,13H,8-12H2,1H3,(H2,18,20)(H,19,21). The Morgan fingerprint density at radius 3 is 3.13 bits per heavy atom. The molecule has 1 aliphatic rings. The molecule has 0 amide bonds. The molecule has 0 radical (unpaired) electrons. The highest BCUT2D eigenvalue weighted by Crippen LogP contribution is 2.14. The Bertz CT molecular complexity index is 687. The molecule has 0 aliphatic carbocycles. The number of ether oxygens (including phenoxy) is 1. The summed E-state index contributed by atoms with van der Waals surface area (Å²) in [5.41, 5.74) is 7.03. The quantitative estimate of drug-likeness (QED) is 0.510. The molecule has 0 bridgehead atoms. The van der Waals surface area contributed by atoms with E-state index in [0.717, 1.165) is 29.8 Å². The zero-order valence-electron chi connectivity index (χ0n) is 13.4. The van der Waals surface area contributed by atoms with E-state index in [2.05, 4.69) is 32.3 Å². The fourth-order valence-corrected chi connectivity index (χ4v) is 2.65. The highest BCUT2D eigenvalue weighted by molar-refractivity contribution is 5.80. The first-order valence-corrected chi connectivity index (χ1v) is 7.98. The van der Waals surface area contributed by atoms with Gasteiger partial charge in [-0.05, 0) is 25.1 Å². The van der Waals surface area contributed by atoms with E-state index in [9.17, 15) is 0 Å². The molecular weight excluding hydrogens is 290 g/mol. The predicted molar refractivity (Wildman–Crippen MR) is 93.7 cm³/mol. The molecule has 3 N–H and O–H groups in total. The summed E-state index contributed by atoms with van der Waals surface area (Å²) in [6, 6.07) is 12.1. The third-order valence-electron chi connectivity index (χ3n) is 3.86. The molecule has 1 fully saturated rings. The number of morpholine rings is 1. The van der Waals surface area contributed by atoms with Crippen LogP contribution in [-0.4, -0.2) is 54.7 Å². The summed E-state index contributed by atoms with van der Waals surface area (Å²) in [6.07, 6.45) is 0.206. The van der Waals surface area contributed by atoms with Crippen LogP contribution in [0.5, 0.6) is 0 Å². The van der Waals surface area contributed by atoms with Crippen LogP contribution in [0.4, 0.5) is 5.82 Å². The first-order valence-electron chi connectivity index (χ1n) is 7.98. The van der Waals surface area contributed by atoms with E-state index in [1.165, 1.54) is 0 Å². The molecular formula is C17H23N5O. The Morgan fingerprint density at radius 2 is 2.26 bits per heavy atom. The highest BCUT2D eigenvalue weighted by atomic mass is 16.5. The van der Waals surface area contributed by atoms with E-state index in [4.69, 9.17) is 10.5 Å². The number of para-hydroxylation sites is 1. The van der Waals surface area contributed by atoms with Crippen LogP contribution in [0.1, 0.15) is 6.92 Å². The minimum Gasteiger partial charge on any atom is -0.375 e. The van der Waals surface area contributed by atoms with E-state index >= 15 is 0 Å². The molecule has 3 rings (SSSR count). The van der Waals surface area contributed by atoms with Crippen molar-refractivity contribution < 1.29 is 4.74 Å². The third-order valence-corrected chi connectivity index (χ3v) is 3.86. The number of hydrogen-bond donors (Lipinski definition) is 2. The lowest BCUT2D eigenvalue weighted by molar-refractivity contribution is 0.00531. The molecule has 1 aromatic carbocycles. The molecule has 6 nitrogen and oxygen atoms in total. The summed E-state index contributed by atoms with van der Waals surface area (Å²) < 4.78 is 5.50. The van der Waals surface area contributed by atoms with Crippen molar-refractivity contribution in [3.8, 4) is 0 Å². The Morgan fingerprint density at radius 1 is 1.39 bits per heavy atom. The average molecular weight is 313 g/mol. The van der Waals surface area contributed by atoms with Gasteiger partial charge in [-0.25, -0.2) is 4.98 Å². The van der Waals surface area contributed by atoms with E-state index in [-0.39, 0.29) is 6.10 Å². The maximum absolute atomic E-state index is 6.04. The smallest absolute Gasteiger partial charge is 0.191 e. The lowest BCUT2D eigenvalue weighted by Crippen LogP contribution is -2.48. The largest absolute Gasteiger partial charge is 0.375 e. The molecule has 1 saturated heterocycles. The van der Waals surface area contributed by atoms with Crippen molar-refractivity contribution >= 4 is 22.7 Å². The van der Waals surface area contributed by atoms with Gasteiger partial charge in [0.2, 0.25) is 0 Å². The van der Waals surface area contributed by atoms with Crippen molar-refractivity contribution in [3.63, 3.8) is 0 Å². The van der Waals surface area contributed by atoms with Gasteiger partial charge in [-0.3, -0.25) is 4.99 Å². The number of anilines is 1. The van der Waals surface area contributed by atoms with Crippen molar-refractivity contribution in [1.29, 1.82) is 0 Å². The van der Waals surface area contributed by atoms with Crippen molar-refractivity contribution in [2.75, 3.05) is 38.1 Å². The predicted octanol–water partition coefficient (Wildman–Crippen LogP) is 1.68. The summed E-state index contributed by atoms with van der Waals surface area (Å²) in [5.74, 6) is 1.45. The van der Waals surface area contributed by atoms with Gasteiger partial charge in [0.05, 0.1) is 24.8 Å². The number of aromatic nitrogens is 1. The Hall–Kier alpha value is -2.34. The number of fused-ring (bicyclic) bond motifs is 1. The molecule has 6 heteroatoms. The van der Waals surface area contributed by atoms with Crippen LogP contribution in [0.3, 0.4) is 0 Å². The second-order valence-corrected chi connectivity index (χ2v) is 5.68. The number of nitrogens with one attached hydrogen (secondary N) is 1. The van der Waals surface area contributed by atoms with Gasteiger partial charge in [0, 0.05) is 25.0 Å². The molecule has 1 aliphatic heterocycles. The number of rotatable bonds is 4. The van der Waals surface area contributed by atoms with E-state index in [1.807, 2.05) is 31.2 Å². The van der Waals surface area contributed by atoms with Gasteiger partial charge in [-0.1, -0.05) is 18.2 Å². The van der Waals surface area contributed by atoms with E-state index < -0.39 is 0 Å². The maximum Gasteiger partial charge on any atom is 0.191 e. The summed E-state index contributed by atoms with van der Waals surface area (Å²) in [6.45, 7) is 5.68. The van der Waals surface area contributed by atoms with Crippen LogP contribution in [0.15, 0.2) is 41.4 Å². The van der Waals surface area contributed by atoms with Gasteiger partial charge in [0.1, 0.15) is 5.82 Å². The first kappa shape index (κ1) is 15.6. The second kappa shape index (κ2) is 7.28. The number of guanidine groups is 1. The summed E-state index contributed by atoms with van der Waals surface area (Å²) in [4.78, 5) is 11.1. The topological polar surface area (TPSA) is 75.8 Å². The lowest BCUT2D eigenvalue weighted by atomic mass is 10.2. The van der Waals surface area contributed by atoms with Crippen molar-refractivity contribution in [2.24, 2.45) is 10.7 Å². The maximum atomic E-state index is 6.04. The minimum absolute atomic E-state index is 0.206. The minimum atomic E-state index is 0.206.